The molecule has 0 amide bonds. The molecule has 2 atom stereocenters. The Hall–Kier alpha value is -0.380. The van der Waals surface area contributed by atoms with Crippen LogP contribution in [0.3, 0.4) is 0 Å². The lowest BCUT2D eigenvalue weighted by molar-refractivity contribution is -0.126. The molecule has 0 N–H and O–H groups in total. The van der Waals surface area contributed by atoms with Crippen molar-refractivity contribution in [2.24, 2.45) is 0 Å². The Morgan fingerprint density at radius 3 is 3.07 bits per heavy atom. The fourth-order valence-corrected chi connectivity index (χ4v) is 2.93. The molecule has 0 aliphatic carbocycles. The molecule has 1 aliphatic heterocycles. The first-order chi connectivity index (χ1) is 6.81. The van der Waals surface area contributed by atoms with E-state index in [0.717, 1.165) is 35.4 Å². The van der Waals surface area contributed by atoms with Crippen molar-refractivity contribution >= 4 is 29.2 Å². The van der Waals surface area contributed by atoms with Crippen molar-refractivity contribution in [3.63, 3.8) is 0 Å². The summed E-state index contributed by atoms with van der Waals surface area (Å²) in [5.74, 6) is 0. The molecular weight excluding hydrogens is 220 g/mol. The van der Waals surface area contributed by atoms with Crippen molar-refractivity contribution in [1.82, 2.24) is 0 Å². The molecule has 2 unspecified atom stereocenters. The normalized spacial score (nSPS) is 27.5. The Morgan fingerprint density at radius 2 is 2.43 bits per heavy atom. The fraction of sp³-hybridized carbons (Fsp3) is 0.500. The SMILES string of the molecule is O=CC1CCCC(c2sccc2Cl)O1. The summed E-state index contributed by atoms with van der Waals surface area (Å²) in [7, 11) is 0. The Labute approximate surface area is 91.8 Å². The maximum absolute atomic E-state index is 10.6. The van der Waals surface area contributed by atoms with Crippen LogP contribution >= 0.6 is 22.9 Å². The number of rotatable bonds is 2. The molecule has 1 saturated heterocycles. The highest BCUT2D eigenvalue weighted by atomic mass is 35.5. The second kappa shape index (κ2) is 4.43. The highest BCUT2D eigenvalue weighted by Crippen LogP contribution is 2.37. The van der Waals surface area contributed by atoms with Gasteiger partial charge in [0.05, 0.1) is 16.0 Å². The van der Waals surface area contributed by atoms with Crippen molar-refractivity contribution in [3.8, 4) is 0 Å². The van der Waals surface area contributed by atoms with Crippen molar-refractivity contribution in [2.75, 3.05) is 0 Å². The maximum atomic E-state index is 10.6. The van der Waals surface area contributed by atoms with Crippen LogP contribution < -0.4 is 0 Å². The number of ether oxygens (including phenoxy) is 1. The summed E-state index contributed by atoms with van der Waals surface area (Å²) in [5.41, 5.74) is 0. The van der Waals surface area contributed by atoms with Crippen LogP contribution in [0.25, 0.3) is 0 Å². The van der Waals surface area contributed by atoms with Gasteiger partial charge in [0.15, 0.2) is 0 Å². The van der Waals surface area contributed by atoms with E-state index in [0.29, 0.717) is 0 Å². The van der Waals surface area contributed by atoms with Crippen LogP contribution in [-0.4, -0.2) is 12.4 Å². The van der Waals surface area contributed by atoms with E-state index in [-0.39, 0.29) is 12.2 Å². The first kappa shape index (κ1) is 10.1. The molecule has 2 heterocycles. The first-order valence-corrected chi connectivity index (χ1v) is 5.90. The van der Waals surface area contributed by atoms with Crippen LogP contribution in [0.15, 0.2) is 11.4 Å². The number of halogens is 1. The van der Waals surface area contributed by atoms with Gasteiger partial charge in [-0.05, 0) is 30.7 Å². The lowest BCUT2D eigenvalue weighted by Crippen LogP contribution is -2.23. The number of aldehydes is 1. The molecule has 1 aliphatic rings. The lowest BCUT2D eigenvalue weighted by Gasteiger charge is -2.26. The average Bonchev–Trinajstić information content (AvgIpc) is 2.65. The molecule has 0 saturated carbocycles. The van der Waals surface area contributed by atoms with Gasteiger partial charge in [0.25, 0.3) is 0 Å². The van der Waals surface area contributed by atoms with E-state index < -0.39 is 0 Å². The van der Waals surface area contributed by atoms with E-state index in [2.05, 4.69) is 0 Å². The fourth-order valence-electron chi connectivity index (χ4n) is 1.68. The predicted octanol–water partition coefficient (Wildman–Crippen LogP) is 3.21. The predicted molar refractivity (Wildman–Crippen MR) is 56.9 cm³/mol. The summed E-state index contributed by atoms with van der Waals surface area (Å²) in [5, 5.41) is 2.71. The third-order valence-electron chi connectivity index (χ3n) is 2.38. The van der Waals surface area contributed by atoms with E-state index in [1.54, 1.807) is 11.3 Å². The average molecular weight is 231 g/mol. The smallest absolute Gasteiger partial charge is 0.148 e. The summed E-state index contributed by atoms with van der Waals surface area (Å²) in [6.07, 6.45) is 3.49. The van der Waals surface area contributed by atoms with Crippen molar-refractivity contribution in [1.29, 1.82) is 0 Å². The number of carbonyl (C=O) groups excluding carboxylic acids is 1. The van der Waals surface area contributed by atoms with Gasteiger partial charge in [0.2, 0.25) is 0 Å². The van der Waals surface area contributed by atoms with Crippen LogP contribution in [0.1, 0.15) is 30.2 Å². The molecule has 1 fully saturated rings. The van der Waals surface area contributed by atoms with Gasteiger partial charge in [-0.15, -0.1) is 11.3 Å². The van der Waals surface area contributed by atoms with Gasteiger partial charge in [-0.3, -0.25) is 0 Å². The molecule has 1 aromatic heterocycles. The molecular formula is C10H11ClO2S. The summed E-state index contributed by atoms with van der Waals surface area (Å²) in [6.45, 7) is 0. The van der Waals surface area contributed by atoms with Gasteiger partial charge in [0, 0.05) is 0 Å². The molecule has 0 spiro atoms. The highest BCUT2D eigenvalue weighted by molar-refractivity contribution is 7.10. The Bertz CT molecular complexity index is 324. The lowest BCUT2D eigenvalue weighted by atomic mass is 10.0. The largest absolute Gasteiger partial charge is 0.362 e. The van der Waals surface area contributed by atoms with Gasteiger partial charge in [-0.25, -0.2) is 0 Å². The molecule has 76 valence electrons. The van der Waals surface area contributed by atoms with Gasteiger partial charge in [0.1, 0.15) is 12.4 Å². The van der Waals surface area contributed by atoms with Crippen molar-refractivity contribution < 1.29 is 9.53 Å². The minimum absolute atomic E-state index is 0.0199. The zero-order chi connectivity index (χ0) is 9.97. The third-order valence-corrected chi connectivity index (χ3v) is 3.83. The van der Waals surface area contributed by atoms with Crippen molar-refractivity contribution in [2.45, 2.75) is 31.5 Å². The molecule has 1 aromatic rings. The van der Waals surface area contributed by atoms with Crippen LogP contribution in [0.4, 0.5) is 0 Å². The number of carbonyl (C=O) groups is 1. The zero-order valence-corrected chi connectivity index (χ0v) is 9.18. The summed E-state index contributed by atoms with van der Waals surface area (Å²) >= 11 is 7.60. The minimum Gasteiger partial charge on any atom is -0.362 e. The van der Waals surface area contributed by atoms with Gasteiger partial charge < -0.3 is 9.53 Å². The maximum Gasteiger partial charge on any atom is 0.148 e. The minimum atomic E-state index is -0.244. The van der Waals surface area contributed by atoms with Gasteiger partial charge in [-0.1, -0.05) is 11.6 Å². The molecule has 0 bridgehead atoms. The van der Waals surface area contributed by atoms with E-state index in [1.165, 1.54) is 0 Å². The Kier molecular flexibility index (Phi) is 3.21. The molecule has 4 heteroatoms. The summed E-state index contributed by atoms with van der Waals surface area (Å²) in [6, 6.07) is 1.87. The molecule has 2 nitrogen and oxygen atoms in total. The molecule has 0 radical (unpaired) electrons. The zero-order valence-electron chi connectivity index (χ0n) is 7.61. The van der Waals surface area contributed by atoms with Gasteiger partial charge in [-0.2, -0.15) is 0 Å². The van der Waals surface area contributed by atoms with Crippen LogP contribution in [0.5, 0.6) is 0 Å². The quantitative estimate of drug-likeness (QED) is 0.730. The van der Waals surface area contributed by atoms with Crippen molar-refractivity contribution in [3.05, 3.63) is 21.3 Å². The number of thiophene rings is 1. The first-order valence-electron chi connectivity index (χ1n) is 4.65. The topological polar surface area (TPSA) is 26.3 Å². The number of hydrogen-bond acceptors (Lipinski definition) is 3. The van der Waals surface area contributed by atoms with Crippen LogP contribution in [0.2, 0.25) is 5.02 Å². The second-order valence-electron chi connectivity index (χ2n) is 3.36. The van der Waals surface area contributed by atoms with E-state index in [1.807, 2.05) is 11.4 Å². The highest BCUT2D eigenvalue weighted by Gasteiger charge is 2.25. The van der Waals surface area contributed by atoms with E-state index in [9.17, 15) is 4.79 Å². The molecule has 2 rings (SSSR count). The second-order valence-corrected chi connectivity index (χ2v) is 4.72. The van der Waals surface area contributed by atoms with Crippen LogP contribution in [0, 0.1) is 0 Å². The third kappa shape index (κ3) is 2.00. The molecule has 0 aromatic carbocycles. The van der Waals surface area contributed by atoms with E-state index in [4.69, 9.17) is 16.3 Å². The summed E-state index contributed by atoms with van der Waals surface area (Å²) < 4.78 is 5.62. The van der Waals surface area contributed by atoms with E-state index >= 15 is 0 Å². The Balaban J connectivity index is 2.11. The number of hydrogen-bond donors (Lipinski definition) is 0. The van der Waals surface area contributed by atoms with Crippen LogP contribution in [-0.2, 0) is 9.53 Å². The molecule has 14 heavy (non-hydrogen) atoms. The standard InChI is InChI=1S/C10H11ClO2S/c11-8-4-5-14-10(8)9-3-1-2-7(6-12)13-9/h4-7,9H,1-3H2. The Morgan fingerprint density at radius 1 is 1.57 bits per heavy atom. The van der Waals surface area contributed by atoms with Gasteiger partial charge >= 0.3 is 0 Å². The summed E-state index contributed by atoms with van der Waals surface area (Å²) in [4.78, 5) is 11.7. The monoisotopic (exact) mass is 230 g/mol.